The van der Waals surface area contributed by atoms with Gasteiger partial charge in [-0.15, -0.1) is 10.2 Å². The number of aromatic nitrogens is 6. The van der Waals surface area contributed by atoms with Crippen LogP contribution in [0.1, 0.15) is 138 Å². The predicted octanol–water partition coefficient (Wildman–Crippen LogP) is 1.47. The molecule has 608 valence electrons. The molecule has 4 aromatic carbocycles. The summed E-state index contributed by atoms with van der Waals surface area (Å²) in [7, 11) is 0. The number of carbonyl (C=O) groups is 12. The molecule has 17 N–H and O–H groups in total. The highest BCUT2D eigenvalue weighted by atomic mass is 19.1. The molecule has 0 bridgehead atoms. The van der Waals surface area contributed by atoms with E-state index in [1.165, 1.54) is 44.6 Å². The number of ether oxygens (including phenoxy) is 1. The van der Waals surface area contributed by atoms with Gasteiger partial charge in [-0.25, -0.2) is 9.37 Å². The Morgan fingerprint density at radius 2 is 1.33 bits per heavy atom. The Morgan fingerprint density at radius 3 is 1.96 bits per heavy atom. The molecule has 2 heterocycles. The fourth-order valence-electron chi connectivity index (χ4n) is 12.1. The number of aromatic amines is 2. The summed E-state index contributed by atoms with van der Waals surface area (Å²) in [6.45, 7) is 13.0. The van der Waals surface area contributed by atoms with Crippen LogP contribution in [-0.4, -0.2) is 202 Å². The first-order chi connectivity index (χ1) is 53.6. The zero-order chi connectivity index (χ0) is 83.1. The Kier molecular flexibility index (Phi) is 34.4. The molecule has 0 saturated heterocycles. The van der Waals surface area contributed by atoms with E-state index in [9.17, 15) is 72.9 Å². The second-order valence-corrected chi connectivity index (χ2v) is 28.3. The van der Waals surface area contributed by atoms with Gasteiger partial charge in [0.2, 0.25) is 65.0 Å². The van der Waals surface area contributed by atoms with Crippen LogP contribution in [0, 0.1) is 19.7 Å². The Labute approximate surface area is 651 Å². The highest BCUT2D eigenvalue weighted by Crippen LogP contribution is 2.29. The summed E-state index contributed by atoms with van der Waals surface area (Å²) in [5, 5.41) is 73.4. The summed E-state index contributed by atoms with van der Waals surface area (Å²) in [5.74, 6) is -12.7. The number of hydrogen-bond donors (Lipinski definition) is 16. The van der Waals surface area contributed by atoms with E-state index in [1.807, 2.05) is 69.3 Å². The van der Waals surface area contributed by atoms with Crippen molar-refractivity contribution < 1.29 is 82.0 Å². The van der Waals surface area contributed by atoms with Crippen LogP contribution in [0.25, 0.3) is 21.6 Å². The smallest absolute Gasteiger partial charge is 0.303 e. The number of tetrazole rings is 1. The Hall–Kier alpha value is -12.2. The van der Waals surface area contributed by atoms with Gasteiger partial charge in [0.05, 0.1) is 31.7 Å². The van der Waals surface area contributed by atoms with E-state index in [4.69, 9.17) is 16.0 Å². The molecule has 36 nitrogen and oxygen atoms in total. The monoisotopic (exact) mass is 1570 g/mol. The number of nitrogens with two attached hydrogens (primary N) is 1. The van der Waals surface area contributed by atoms with E-state index < -0.39 is 168 Å². The Bertz CT molecular complexity index is 4310. The quantitative estimate of drug-likeness (QED) is 0.0111. The van der Waals surface area contributed by atoms with Crippen molar-refractivity contribution in [1.82, 2.24) is 83.8 Å². The summed E-state index contributed by atoms with van der Waals surface area (Å²) in [6, 6.07) is 12.3. The number of benzene rings is 4. The largest absolute Gasteiger partial charge is 0.494 e. The lowest BCUT2D eigenvalue weighted by atomic mass is 9.90. The molecular formula is C76H101FN20O16. The van der Waals surface area contributed by atoms with E-state index in [1.54, 1.807) is 12.1 Å². The number of carboxylic acids is 1. The van der Waals surface area contributed by atoms with Crippen molar-refractivity contribution in [3.8, 4) is 16.9 Å². The molecule has 0 aliphatic heterocycles. The van der Waals surface area contributed by atoms with Gasteiger partial charge in [-0.05, 0) is 164 Å². The summed E-state index contributed by atoms with van der Waals surface area (Å²) >= 11 is 0. The molecule has 6 aromatic rings. The number of aliphatic hydroxyl groups excluding tert-OH is 2. The maximum Gasteiger partial charge on any atom is 0.303 e. The number of nitrogens with one attached hydrogen (secondary N) is 12. The fourth-order valence-corrected chi connectivity index (χ4v) is 12.1. The van der Waals surface area contributed by atoms with Gasteiger partial charge in [0.1, 0.15) is 64.9 Å². The standard InChI is InChI=1S/C76H101FN20O16/c1-10-49-36-53(113-31-14-13-30-83-95-79)25-26-54(49)50-22-20-47(21-23-50)35-58(70(108)85-56(66(78)104)19-15-16-48-33-42(2)32-43(3)34-48)87-69(107)57(27-29-63(102)103)86-67(105)44(4)84-71(109)64(45(5)98)90-74(112)76(9,38-51-17-11-12-18-55(51)77)92-72(110)65(46(6)99)89-62(101)40-81-68(106)59(37-60-93-96-97-94-60)88-73(111)75(7,8)91-61(100)28-24-52-39-80-41-82-52/h11-12,17-18,20-23,25-26,32-34,36,39,41,44-46,56-59,64-65,98-99H,10,13-16,19,24,27-31,35,37-38,40H2,1-9H3,(H2,78,104)(H,80,82)(H,81,106)(H,84,109)(H,85,108)(H,86,105)(H,87,107)(H,88,111)(H,89,101)(H,90,112)(H,91,100)(H,92,110)(H,102,103)(H,93,94,96,97)/t44-,45+,46+,56-,57-,58-,59-,64-,65-,76-/m0/s1. The number of aliphatic hydroxyl groups is 2. The maximum absolute atomic E-state index is 15.5. The molecule has 0 radical (unpaired) electrons. The third-order valence-electron chi connectivity index (χ3n) is 18.3. The van der Waals surface area contributed by atoms with Crippen LogP contribution in [-0.2, 0) is 96.1 Å². The topological polar surface area (TPSA) is 553 Å². The van der Waals surface area contributed by atoms with Crippen LogP contribution >= 0.6 is 0 Å². The molecule has 113 heavy (non-hydrogen) atoms. The van der Waals surface area contributed by atoms with Gasteiger partial charge in [0.25, 0.3) is 0 Å². The molecule has 0 unspecified atom stereocenters. The second kappa shape index (κ2) is 43.4. The molecule has 11 amide bonds. The van der Waals surface area contributed by atoms with Crippen molar-refractivity contribution in [1.29, 1.82) is 0 Å². The number of imidazole rings is 1. The Balaban J connectivity index is 1.16. The van der Waals surface area contributed by atoms with Crippen LogP contribution in [0.5, 0.6) is 5.75 Å². The van der Waals surface area contributed by atoms with Crippen molar-refractivity contribution in [3.63, 3.8) is 0 Å². The van der Waals surface area contributed by atoms with Gasteiger partial charge in [-0.3, -0.25) is 57.5 Å². The second-order valence-electron chi connectivity index (χ2n) is 28.3. The van der Waals surface area contributed by atoms with Crippen molar-refractivity contribution in [3.05, 3.63) is 159 Å². The minimum atomic E-state index is -2.35. The number of azide groups is 1. The zero-order valence-electron chi connectivity index (χ0n) is 64.5. The number of halogens is 1. The number of unbranched alkanes of at least 4 members (excludes halogenated alkanes) is 1. The SMILES string of the molecule is CCc1cc(OCCCCN=[N+]=[N-])ccc1-c1ccc(C[C@H](NC(=O)[C@H](CCC(=O)O)NC(=O)[C@H](C)NC(=O)[C@@H](NC(=O)[C@](C)(Cc2ccccc2F)NC(=O)[C@@H](NC(=O)CNC(=O)[C@H](Cc2nn[nH]n2)NC(=O)C(C)(C)NC(=O)CCc2cnc[nH]2)[C@@H](C)O)[C@@H](C)O)C(=O)N[C@@H](CCCc2cc(C)cc(C)c2)C(N)=O)cc1. The lowest BCUT2D eigenvalue weighted by Crippen LogP contribution is -2.66. The minimum Gasteiger partial charge on any atom is -0.494 e. The van der Waals surface area contributed by atoms with Gasteiger partial charge in [0.15, 0.2) is 5.82 Å². The van der Waals surface area contributed by atoms with Gasteiger partial charge in [-0.2, -0.15) is 5.21 Å². The number of amides is 11. The first-order valence-electron chi connectivity index (χ1n) is 36.9. The molecule has 0 fully saturated rings. The van der Waals surface area contributed by atoms with Crippen LogP contribution in [0.3, 0.4) is 0 Å². The van der Waals surface area contributed by atoms with Gasteiger partial charge >= 0.3 is 5.97 Å². The summed E-state index contributed by atoms with van der Waals surface area (Å²) in [6.07, 6.45) is 0.122. The van der Waals surface area contributed by atoms with Gasteiger partial charge < -0.3 is 83.9 Å². The maximum atomic E-state index is 15.5. The molecule has 0 aliphatic carbocycles. The number of carbonyl (C=O) groups excluding carboxylic acids is 11. The number of hydrogen-bond acceptors (Lipinski definition) is 20. The van der Waals surface area contributed by atoms with E-state index in [-0.39, 0.29) is 43.5 Å². The number of carboxylic acid groups (broad SMARTS) is 1. The van der Waals surface area contributed by atoms with E-state index in [2.05, 4.69) is 93.8 Å². The molecule has 0 aliphatic rings. The van der Waals surface area contributed by atoms with E-state index >= 15 is 4.39 Å². The third kappa shape index (κ3) is 28.9. The first-order valence-corrected chi connectivity index (χ1v) is 36.9. The molecule has 2 aromatic heterocycles. The fraction of sp³-hybridized carbons (Fsp3) is 0.474. The van der Waals surface area contributed by atoms with Gasteiger partial charge in [0, 0.05) is 55.5 Å². The number of nitrogens with zero attached hydrogens (tertiary/aromatic N) is 7. The average Bonchev–Trinajstić information content (AvgIpc) is 0.828. The molecular weight excluding hydrogens is 1470 g/mol. The highest BCUT2D eigenvalue weighted by molar-refractivity contribution is 6.00. The summed E-state index contributed by atoms with van der Waals surface area (Å²) in [4.78, 5) is 175. The van der Waals surface area contributed by atoms with E-state index in [0.717, 1.165) is 67.1 Å². The summed E-state index contributed by atoms with van der Waals surface area (Å²) in [5.41, 5.74) is 17.2. The molecule has 10 atom stereocenters. The first kappa shape index (κ1) is 89.7. The number of primary amides is 1. The zero-order valence-corrected chi connectivity index (χ0v) is 64.5. The lowest BCUT2D eigenvalue weighted by Gasteiger charge is -2.34. The van der Waals surface area contributed by atoms with Crippen LogP contribution in [0.4, 0.5) is 4.39 Å². The van der Waals surface area contributed by atoms with Crippen molar-refractivity contribution in [2.24, 2.45) is 10.8 Å². The van der Waals surface area contributed by atoms with E-state index in [0.29, 0.717) is 62.3 Å². The Morgan fingerprint density at radius 1 is 0.664 bits per heavy atom. The minimum absolute atomic E-state index is 0.0252. The van der Waals surface area contributed by atoms with Crippen LogP contribution < -0.4 is 63.6 Å². The van der Waals surface area contributed by atoms with Crippen LogP contribution in [0.2, 0.25) is 0 Å². The molecule has 37 heteroatoms. The number of rotatable bonds is 46. The number of aliphatic carboxylic acids is 1. The number of aryl methyl sites for hydroxylation is 5. The lowest BCUT2D eigenvalue weighted by molar-refractivity contribution is -0.140. The number of H-pyrrole nitrogens is 2. The van der Waals surface area contributed by atoms with Gasteiger partial charge in [-0.1, -0.05) is 95.1 Å². The third-order valence-corrected chi connectivity index (χ3v) is 18.3. The molecule has 0 spiro atoms. The molecule has 0 saturated carbocycles. The van der Waals surface area contributed by atoms with Crippen molar-refractivity contribution in [2.45, 2.75) is 211 Å². The predicted molar refractivity (Wildman–Crippen MR) is 408 cm³/mol. The van der Waals surface area contributed by atoms with Crippen molar-refractivity contribution in [2.75, 3.05) is 19.7 Å². The van der Waals surface area contributed by atoms with Crippen LogP contribution in [0.15, 0.2) is 103 Å². The highest BCUT2D eigenvalue weighted by Gasteiger charge is 2.43. The average molecular weight is 1570 g/mol. The summed E-state index contributed by atoms with van der Waals surface area (Å²) < 4.78 is 21.5. The normalized spacial score (nSPS) is 14.1. The molecule has 6 rings (SSSR count). The van der Waals surface area contributed by atoms with Crippen molar-refractivity contribution >= 4 is 70.9 Å².